The van der Waals surface area contributed by atoms with Crippen molar-refractivity contribution in [3.63, 3.8) is 0 Å². The number of nitrogens with one attached hydrogen (secondary N) is 1. The Morgan fingerprint density at radius 2 is 1.75 bits per heavy atom. The third kappa shape index (κ3) is 8.54. The van der Waals surface area contributed by atoms with Crippen LogP contribution >= 0.6 is 0 Å². The second-order valence-corrected chi connectivity index (χ2v) is 8.03. The Labute approximate surface area is 151 Å². The van der Waals surface area contributed by atoms with Crippen molar-refractivity contribution in [3.8, 4) is 11.8 Å². The molecule has 1 rings (SSSR count). The Morgan fingerprint density at radius 3 is 2.29 bits per heavy atom. The highest BCUT2D eigenvalue weighted by Crippen LogP contribution is 2.39. The molecule has 1 saturated carbocycles. The molecule has 1 aliphatic carbocycles. The van der Waals surface area contributed by atoms with E-state index in [4.69, 9.17) is 4.74 Å². The maximum absolute atomic E-state index is 6.37. The van der Waals surface area contributed by atoms with E-state index in [2.05, 4.69) is 44.9 Å². The van der Waals surface area contributed by atoms with E-state index in [1.54, 1.807) is 0 Å². The van der Waals surface area contributed by atoms with Crippen molar-refractivity contribution < 1.29 is 4.74 Å². The van der Waals surface area contributed by atoms with Crippen LogP contribution in [-0.4, -0.2) is 24.8 Å². The van der Waals surface area contributed by atoms with E-state index < -0.39 is 0 Å². The van der Waals surface area contributed by atoms with Crippen LogP contribution in [0.2, 0.25) is 0 Å². The van der Waals surface area contributed by atoms with Crippen LogP contribution in [0.4, 0.5) is 0 Å². The lowest BCUT2D eigenvalue weighted by molar-refractivity contribution is 0.00289. The number of ether oxygens (including phenoxy) is 1. The average molecular weight is 336 g/mol. The standard InChI is InChI=1S/C22H41NO/c1-6-13-20(8-3)24-21(18-23-19(4)7-2)14-17-22(5)15-11-9-10-12-16-22/h19-21,23H,7-12,14-18H2,1-5H3/t19?,20-,21?/m1/s1. The lowest BCUT2D eigenvalue weighted by Gasteiger charge is -2.31. The third-order valence-electron chi connectivity index (χ3n) is 5.72. The molecule has 24 heavy (non-hydrogen) atoms. The summed E-state index contributed by atoms with van der Waals surface area (Å²) >= 11 is 0. The van der Waals surface area contributed by atoms with Crippen LogP contribution in [0.5, 0.6) is 0 Å². The lowest BCUT2D eigenvalue weighted by Crippen LogP contribution is -2.37. The predicted octanol–water partition coefficient (Wildman–Crippen LogP) is 5.70. The molecule has 1 N–H and O–H groups in total. The first kappa shape index (κ1) is 21.5. The quantitative estimate of drug-likeness (QED) is 0.408. The summed E-state index contributed by atoms with van der Waals surface area (Å²) in [6, 6.07) is 0.557. The molecule has 2 heteroatoms. The first-order valence-electron chi connectivity index (χ1n) is 10.3. The van der Waals surface area contributed by atoms with Crippen molar-refractivity contribution in [3.05, 3.63) is 0 Å². The fourth-order valence-corrected chi connectivity index (χ4v) is 3.66. The first-order valence-corrected chi connectivity index (χ1v) is 10.3. The average Bonchev–Trinajstić information content (AvgIpc) is 2.81. The van der Waals surface area contributed by atoms with Crippen molar-refractivity contribution in [1.82, 2.24) is 5.32 Å². The molecule has 0 heterocycles. The molecule has 1 aliphatic rings. The fourth-order valence-electron chi connectivity index (χ4n) is 3.66. The van der Waals surface area contributed by atoms with Gasteiger partial charge in [0.25, 0.3) is 0 Å². The molecule has 0 saturated heterocycles. The predicted molar refractivity (Wildman–Crippen MR) is 105 cm³/mol. The Bertz CT molecular complexity index is 373. The van der Waals surface area contributed by atoms with Gasteiger partial charge in [-0.15, -0.1) is 5.92 Å². The molecule has 0 bridgehead atoms. The molecular formula is C22H41NO. The highest BCUT2D eigenvalue weighted by molar-refractivity contribution is 5.02. The number of hydrogen-bond donors (Lipinski definition) is 1. The number of hydrogen-bond acceptors (Lipinski definition) is 2. The summed E-state index contributed by atoms with van der Waals surface area (Å²) < 4.78 is 6.37. The minimum atomic E-state index is 0.0840. The van der Waals surface area contributed by atoms with E-state index in [9.17, 15) is 0 Å². The topological polar surface area (TPSA) is 21.3 Å². The summed E-state index contributed by atoms with van der Waals surface area (Å²) in [6.07, 6.45) is 13.4. The van der Waals surface area contributed by atoms with Gasteiger partial charge >= 0.3 is 0 Å². The van der Waals surface area contributed by atoms with Gasteiger partial charge in [0.15, 0.2) is 0 Å². The number of rotatable bonds is 10. The molecule has 3 atom stereocenters. The summed E-state index contributed by atoms with van der Waals surface area (Å²) in [4.78, 5) is 0. The van der Waals surface area contributed by atoms with Crippen molar-refractivity contribution in [1.29, 1.82) is 0 Å². The molecule has 0 aromatic carbocycles. The van der Waals surface area contributed by atoms with Crippen LogP contribution in [0.15, 0.2) is 0 Å². The summed E-state index contributed by atoms with van der Waals surface area (Å²) in [5, 5.41) is 3.64. The van der Waals surface area contributed by atoms with Crippen molar-refractivity contribution in [2.75, 3.05) is 6.54 Å². The van der Waals surface area contributed by atoms with Crippen LogP contribution in [0.1, 0.15) is 98.8 Å². The SMILES string of the molecule is CC#C[C@@H](CC)OC(CCC1(C)CCCCCC1)CNC(C)CC. The van der Waals surface area contributed by atoms with E-state index in [0.717, 1.165) is 25.8 Å². The first-order chi connectivity index (χ1) is 11.5. The van der Waals surface area contributed by atoms with E-state index in [1.807, 2.05) is 6.92 Å². The zero-order valence-corrected chi connectivity index (χ0v) is 16.9. The van der Waals surface area contributed by atoms with Crippen molar-refractivity contribution >= 4 is 0 Å². The maximum Gasteiger partial charge on any atom is 0.118 e. The monoisotopic (exact) mass is 335 g/mol. The Hall–Kier alpha value is -0.520. The van der Waals surface area contributed by atoms with Gasteiger partial charge in [-0.1, -0.05) is 52.4 Å². The van der Waals surface area contributed by atoms with Crippen LogP contribution in [0.25, 0.3) is 0 Å². The molecule has 0 spiro atoms. The molecule has 0 aliphatic heterocycles. The van der Waals surface area contributed by atoms with Gasteiger partial charge in [-0.05, 0) is 57.8 Å². The normalized spacial score (nSPS) is 21.2. The molecule has 140 valence electrons. The van der Waals surface area contributed by atoms with Gasteiger partial charge in [0.05, 0.1) is 6.10 Å². The van der Waals surface area contributed by atoms with Gasteiger partial charge in [0.2, 0.25) is 0 Å². The summed E-state index contributed by atoms with van der Waals surface area (Å²) in [5.74, 6) is 6.25. The van der Waals surface area contributed by atoms with Crippen LogP contribution in [-0.2, 0) is 4.74 Å². The van der Waals surface area contributed by atoms with Crippen LogP contribution in [0, 0.1) is 17.3 Å². The van der Waals surface area contributed by atoms with Crippen molar-refractivity contribution in [2.24, 2.45) is 5.41 Å². The largest absolute Gasteiger partial charge is 0.361 e. The molecule has 0 amide bonds. The zero-order chi connectivity index (χ0) is 17.8. The fraction of sp³-hybridized carbons (Fsp3) is 0.909. The van der Waals surface area contributed by atoms with E-state index in [-0.39, 0.29) is 12.2 Å². The maximum atomic E-state index is 6.37. The molecule has 0 radical (unpaired) electrons. The second kappa shape index (κ2) is 11.9. The Kier molecular flexibility index (Phi) is 10.7. The van der Waals surface area contributed by atoms with Gasteiger partial charge in [0.1, 0.15) is 6.10 Å². The highest BCUT2D eigenvalue weighted by Gasteiger charge is 2.27. The smallest absolute Gasteiger partial charge is 0.118 e. The Balaban J connectivity index is 2.59. The molecule has 0 aromatic heterocycles. The van der Waals surface area contributed by atoms with Gasteiger partial charge in [-0.25, -0.2) is 0 Å². The van der Waals surface area contributed by atoms with Crippen LogP contribution in [0.3, 0.4) is 0 Å². The summed E-state index contributed by atoms with van der Waals surface area (Å²) in [6.45, 7) is 12.0. The minimum absolute atomic E-state index is 0.0840. The van der Waals surface area contributed by atoms with Gasteiger partial charge in [-0.3, -0.25) is 0 Å². The van der Waals surface area contributed by atoms with Crippen LogP contribution < -0.4 is 5.32 Å². The van der Waals surface area contributed by atoms with E-state index >= 15 is 0 Å². The van der Waals surface area contributed by atoms with Gasteiger partial charge in [-0.2, -0.15) is 0 Å². The van der Waals surface area contributed by atoms with E-state index in [0.29, 0.717) is 11.5 Å². The van der Waals surface area contributed by atoms with Gasteiger partial charge < -0.3 is 10.1 Å². The van der Waals surface area contributed by atoms with E-state index in [1.165, 1.54) is 44.9 Å². The molecule has 2 nitrogen and oxygen atoms in total. The molecular weight excluding hydrogens is 294 g/mol. The Morgan fingerprint density at radius 1 is 1.08 bits per heavy atom. The lowest BCUT2D eigenvalue weighted by atomic mass is 9.78. The van der Waals surface area contributed by atoms with Gasteiger partial charge in [0, 0.05) is 12.6 Å². The highest BCUT2D eigenvalue weighted by atomic mass is 16.5. The third-order valence-corrected chi connectivity index (χ3v) is 5.72. The molecule has 1 fully saturated rings. The van der Waals surface area contributed by atoms with Crippen molar-refractivity contribution in [2.45, 2.75) is 117 Å². The minimum Gasteiger partial charge on any atom is -0.361 e. The molecule has 2 unspecified atom stereocenters. The summed E-state index contributed by atoms with van der Waals surface area (Å²) in [7, 11) is 0. The molecule has 0 aromatic rings. The summed E-state index contributed by atoms with van der Waals surface area (Å²) in [5.41, 5.74) is 0.520. The second-order valence-electron chi connectivity index (χ2n) is 8.03. The zero-order valence-electron chi connectivity index (χ0n) is 16.9.